The Hall–Kier alpha value is -2.25. The lowest BCUT2D eigenvalue weighted by Gasteiger charge is -2.32. The fraction of sp³-hybridized carbons (Fsp3) is 0.500. The Morgan fingerprint density at radius 2 is 1.89 bits per heavy atom. The molecule has 0 amide bonds. The minimum atomic E-state index is -0.126. The second-order valence-electron chi connectivity index (χ2n) is 6.55. The van der Waals surface area contributed by atoms with Gasteiger partial charge in [0.25, 0.3) is 0 Å². The van der Waals surface area contributed by atoms with Crippen molar-refractivity contribution in [3.8, 4) is 11.5 Å². The molecule has 0 bridgehead atoms. The third-order valence-electron chi connectivity index (χ3n) is 4.51. The second kappa shape index (κ2) is 9.30. The smallest absolute Gasteiger partial charge is 0.222 e. The van der Waals surface area contributed by atoms with E-state index in [0.717, 1.165) is 30.0 Å². The van der Waals surface area contributed by atoms with Crippen LogP contribution in [0, 0.1) is 6.92 Å². The first-order valence-corrected chi connectivity index (χ1v) is 9.95. The number of aromatic nitrogens is 2. The summed E-state index contributed by atoms with van der Waals surface area (Å²) in [4.78, 5) is 10.8. The largest absolute Gasteiger partial charge is 0.490 e. The molecule has 7 nitrogen and oxygen atoms in total. The number of hydrogen-bond donors (Lipinski definition) is 1. The molecule has 1 fully saturated rings. The van der Waals surface area contributed by atoms with E-state index in [0.29, 0.717) is 42.9 Å². The molecular formula is C20H27ClN4O3. The molecule has 2 N–H and O–H groups in total. The van der Waals surface area contributed by atoms with Gasteiger partial charge in [0.15, 0.2) is 11.5 Å². The molecule has 1 aromatic carbocycles. The molecule has 0 radical (unpaired) electrons. The van der Waals surface area contributed by atoms with Crippen molar-refractivity contribution in [2.75, 3.05) is 43.6 Å². The molecule has 28 heavy (non-hydrogen) atoms. The normalized spacial score (nSPS) is 17.3. The van der Waals surface area contributed by atoms with Gasteiger partial charge in [-0.05, 0) is 38.8 Å². The summed E-state index contributed by atoms with van der Waals surface area (Å²) in [6.07, 6.45) is 0.881. The van der Waals surface area contributed by atoms with Crippen molar-refractivity contribution in [2.45, 2.75) is 33.2 Å². The lowest BCUT2D eigenvalue weighted by molar-refractivity contribution is 0.134. The standard InChI is InChI=1S/C20H27ClN4O3/c1-4-27-17-10-14(15(21)11-18(17)28-5-2)16-12-26-8-6-7-25(16)19-9-13(3)23-20(22)24-19/h9-11,16H,4-8,12H2,1-3H3,(H2,22,23,24)/t16-/m0/s1. The maximum Gasteiger partial charge on any atom is 0.222 e. The quantitative estimate of drug-likeness (QED) is 0.781. The Morgan fingerprint density at radius 1 is 1.18 bits per heavy atom. The Bertz CT molecular complexity index is 798. The predicted octanol–water partition coefficient (Wildman–Crippen LogP) is 3.79. The number of anilines is 2. The number of halogens is 1. The monoisotopic (exact) mass is 406 g/mol. The summed E-state index contributed by atoms with van der Waals surface area (Å²) in [5.41, 5.74) is 7.62. The van der Waals surface area contributed by atoms with Gasteiger partial charge in [-0.1, -0.05) is 11.6 Å². The highest BCUT2D eigenvalue weighted by Crippen LogP contribution is 2.40. The van der Waals surface area contributed by atoms with E-state index in [-0.39, 0.29) is 12.0 Å². The summed E-state index contributed by atoms with van der Waals surface area (Å²) in [6, 6.07) is 5.56. The summed E-state index contributed by atoms with van der Waals surface area (Å²) in [5.74, 6) is 2.34. The molecule has 1 atom stereocenters. The minimum Gasteiger partial charge on any atom is -0.490 e. The van der Waals surface area contributed by atoms with Crippen molar-refractivity contribution in [2.24, 2.45) is 0 Å². The zero-order chi connectivity index (χ0) is 20.1. The summed E-state index contributed by atoms with van der Waals surface area (Å²) in [6.45, 7) is 8.79. The fourth-order valence-electron chi connectivity index (χ4n) is 3.37. The highest BCUT2D eigenvalue weighted by Gasteiger charge is 2.28. The molecule has 2 aromatic rings. The predicted molar refractivity (Wildman–Crippen MR) is 110 cm³/mol. The van der Waals surface area contributed by atoms with Crippen molar-refractivity contribution >= 4 is 23.4 Å². The van der Waals surface area contributed by atoms with Gasteiger partial charge in [-0.2, -0.15) is 4.98 Å². The zero-order valence-electron chi connectivity index (χ0n) is 16.6. The Kier molecular flexibility index (Phi) is 6.80. The van der Waals surface area contributed by atoms with Gasteiger partial charge < -0.3 is 24.8 Å². The highest BCUT2D eigenvalue weighted by atomic mass is 35.5. The van der Waals surface area contributed by atoms with Crippen LogP contribution < -0.4 is 20.1 Å². The first kappa shape index (κ1) is 20.5. The van der Waals surface area contributed by atoms with E-state index in [1.54, 1.807) is 0 Å². The Morgan fingerprint density at radius 3 is 2.57 bits per heavy atom. The van der Waals surface area contributed by atoms with E-state index in [9.17, 15) is 0 Å². The van der Waals surface area contributed by atoms with Crippen LogP contribution in [-0.2, 0) is 4.74 Å². The number of nitrogens with two attached hydrogens (primary N) is 1. The van der Waals surface area contributed by atoms with Crippen molar-refractivity contribution in [3.05, 3.63) is 34.5 Å². The number of benzene rings is 1. The molecule has 152 valence electrons. The molecule has 1 aromatic heterocycles. The minimum absolute atomic E-state index is 0.126. The van der Waals surface area contributed by atoms with Crippen LogP contribution in [0.15, 0.2) is 18.2 Å². The third-order valence-corrected chi connectivity index (χ3v) is 4.84. The third kappa shape index (κ3) is 4.59. The lowest BCUT2D eigenvalue weighted by Crippen LogP contribution is -2.32. The van der Waals surface area contributed by atoms with Crippen molar-refractivity contribution in [1.29, 1.82) is 0 Å². The maximum atomic E-state index is 6.66. The lowest BCUT2D eigenvalue weighted by atomic mass is 10.0. The van der Waals surface area contributed by atoms with E-state index in [1.165, 1.54) is 0 Å². The Balaban J connectivity index is 2.05. The van der Waals surface area contributed by atoms with Gasteiger partial charge in [0, 0.05) is 36.0 Å². The van der Waals surface area contributed by atoms with E-state index in [2.05, 4.69) is 14.9 Å². The molecule has 0 spiro atoms. The second-order valence-corrected chi connectivity index (χ2v) is 6.96. The number of aryl methyl sites for hydroxylation is 1. The van der Waals surface area contributed by atoms with Crippen LogP contribution in [0.1, 0.15) is 37.6 Å². The van der Waals surface area contributed by atoms with E-state index in [1.807, 2.05) is 39.0 Å². The van der Waals surface area contributed by atoms with Crippen LogP contribution in [0.3, 0.4) is 0 Å². The summed E-state index contributed by atoms with van der Waals surface area (Å²) in [5, 5.41) is 0.603. The van der Waals surface area contributed by atoms with Gasteiger partial charge >= 0.3 is 0 Å². The molecule has 0 saturated carbocycles. The van der Waals surface area contributed by atoms with Gasteiger partial charge in [0.05, 0.1) is 25.9 Å². The fourth-order valence-corrected chi connectivity index (χ4v) is 3.65. The number of nitrogen functional groups attached to an aromatic ring is 1. The summed E-state index contributed by atoms with van der Waals surface area (Å²) in [7, 11) is 0. The zero-order valence-corrected chi connectivity index (χ0v) is 17.3. The maximum absolute atomic E-state index is 6.66. The molecule has 8 heteroatoms. The molecule has 1 aliphatic rings. The average molecular weight is 407 g/mol. The van der Waals surface area contributed by atoms with Crippen LogP contribution in [0.25, 0.3) is 0 Å². The molecule has 0 aliphatic carbocycles. The van der Waals surface area contributed by atoms with Crippen LogP contribution in [-0.4, -0.2) is 42.9 Å². The highest BCUT2D eigenvalue weighted by molar-refractivity contribution is 6.31. The van der Waals surface area contributed by atoms with E-state index in [4.69, 9.17) is 31.5 Å². The molecular weight excluding hydrogens is 380 g/mol. The molecule has 1 aliphatic heterocycles. The molecule has 2 heterocycles. The SMILES string of the molecule is CCOc1cc(Cl)c([C@@H]2COCCCN2c2cc(C)nc(N)n2)cc1OCC. The summed E-state index contributed by atoms with van der Waals surface area (Å²) >= 11 is 6.66. The van der Waals surface area contributed by atoms with Crippen LogP contribution >= 0.6 is 11.6 Å². The average Bonchev–Trinajstić information content (AvgIpc) is 2.89. The van der Waals surface area contributed by atoms with Gasteiger partial charge in [-0.3, -0.25) is 0 Å². The van der Waals surface area contributed by atoms with E-state index < -0.39 is 0 Å². The van der Waals surface area contributed by atoms with Crippen molar-refractivity contribution in [1.82, 2.24) is 9.97 Å². The van der Waals surface area contributed by atoms with Crippen molar-refractivity contribution in [3.63, 3.8) is 0 Å². The molecule has 0 unspecified atom stereocenters. The first-order chi connectivity index (χ1) is 13.5. The summed E-state index contributed by atoms with van der Waals surface area (Å²) < 4.78 is 17.3. The van der Waals surface area contributed by atoms with Crippen molar-refractivity contribution < 1.29 is 14.2 Å². The first-order valence-electron chi connectivity index (χ1n) is 9.58. The van der Waals surface area contributed by atoms with Gasteiger partial charge in [-0.15, -0.1) is 0 Å². The Labute approximate surface area is 170 Å². The van der Waals surface area contributed by atoms with Crippen LogP contribution in [0.5, 0.6) is 11.5 Å². The van der Waals surface area contributed by atoms with E-state index >= 15 is 0 Å². The molecule has 3 rings (SSSR count). The number of rotatable bonds is 6. The van der Waals surface area contributed by atoms with Crippen LogP contribution in [0.4, 0.5) is 11.8 Å². The topological polar surface area (TPSA) is 82.7 Å². The van der Waals surface area contributed by atoms with Gasteiger partial charge in [0.2, 0.25) is 5.95 Å². The van der Waals surface area contributed by atoms with Gasteiger partial charge in [-0.25, -0.2) is 4.98 Å². The number of nitrogens with zero attached hydrogens (tertiary/aromatic N) is 3. The molecule has 1 saturated heterocycles. The number of ether oxygens (including phenoxy) is 3. The van der Waals surface area contributed by atoms with Crippen LogP contribution in [0.2, 0.25) is 5.02 Å². The number of hydrogen-bond acceptors (Lipinski definition) is 7. The van der Waals surface area contributed by atoms with Gasteiger partial charge in [0.1, 0.15) is 5.82 Å².